The van der Waals surface area contributed by atoms with Crippen LogP contribution >= 0.6 is 0 Å². The predicted molar refractivity (Wildman–Crippen MR) is 159 cm³/mol. The first kappa shape index (κ1) is 28.2. The summed E-state index contributed by atoms with van der Waals surface area (Å²) in [6.07, 6.45) is 3.66. The number of nitrogens with one attached hydrogen (secondary N) is 1. The summed E-state index contributed by atoms with van der Waals surface area (Å²) >= 11 is 0. The molecule has 0 spiro atoms. The molecule has 0 amide bonds. The molecule has 0 saturated carbocycles. The highest BCUT2D eigenvalue weighted by molar-refractivity contribution is 6.76. The first-order chi connectivity index (χ1) is 17.9. The van der Waals surface area contributed by atoms with Crippen molar-refractivity contribution in [1.29, 1.82) is 0 Å². The molecule has 1 atom stereocenters. The Balaban J connectivity index is 1.79. The van der Waals surface area contributed by atoms with E-state index in [1.165, 1.54) is 11.1 Å². The van der Waals surface area contributed by atoms with E-state index in [1.54, 1.807) is 6.33 Å². The first-order valence-corrected chi connectivity index (χ1v) is 17.5. The minimum atomic E-state index is -1.18. The van der Waals surface area contributed by atoms with Gasteiger partial charge in [0.05, 0.1) is 11.4 Å². The summed E-state index contributed by atoms with van der Waals surface area (Å²) in [6, 6.07) is 12.9. The molecule has 0 radical (unpaired) electrons. The minimum Gasteiger partial charge on any atom is -0.360 e. The number of ether oxygens (including phenoxy) is 1. The third-order valence-electron chi connectivity index (χ3n) is 6.88. The molecule has 7 nitrogen and oxygen atoms in total. The molecule has 0 aliphatic heterocycles. The van der Waals surface area contributed by atoms with Crippen LogP contribution in [0.1, 0.15) is 63.3 Å². The molecule has 0 fully saturated rings. The monoisotopic (exact) mass is 532 g/mol. The van der Waals surface area contributed by atoms with Gasteiger partial charge in [-0.15, -0.1) is 0 Å². The fourth-order valence-electron chi connectivity index (χ4n) is 4.91. The van der Waals surface area contributed by atoms with Crippen LogP contribution in [0.5, 0.6) is 0 Å². The van der Waals surface area contributed by atoms with Gasteiger partial charge in [-0.05, 0) is 43.0 Å². The number of hydrogen-bond acceptors (Lipinski definition) is 5. The lowest BCUT2D eigenvalue weighted by molar-refractivity contribution is 0.0799. The lowest BCUT2D eigenvalue weighted by Crippen LogP contribution is -2.25. The SMILES string of the molecule is Cc1cc(-c2c(C(C)C)c(-c3ccc(C(C)NC(C)C)cc3)nn2COCC[Si](C)(C)C)cn2ncnc12. The molecule has 204 valence electrons. The van der Waals surface area contributed by atoms with E-state index in [-0.39, 0.29) is 5.92 Å². The van der Waals surface area contributed by atoms with Crippen molar-refractivity contribution in [3.05, 3.63) is 59.5 Å². The molecule has 0 aliphatic carbocycles. The fraction of sp³-hybridized carbons (Fsp3) is 0.500. The quantitative estimate of drug-likeness (QED) is 0.165. The van der Waals surface area contributed by atoms with Crippen LogP contribution in [-0.2, 0) is 11.5 Å². The van der Waals surface area contributed by atoms with Crippen LogP contribution in [0.3, 0.4) is 0 Å². The van der Waals surface area contributed by atoms with Crippen molar-refractivity contribution in [2.45, 2.75) is 92.0 Å². The first-order valence-electron chi connectivity index (χ1n) is 13.8. The number of nitrogens with zero attached hydrogens (tertiary/aromatic N) is 5. The van der Waals surface area contributed by atoms with Crippen molar-refractivity contribution in [3.8, 4) is 22.5 Å². The molecule has 3 heterocycles. The molecule has 0 saturated heterocycles. The molecule has 0 bridgehead atoms. The summed E-state index contributed by atoms with van der Waals surface area (Å²) in [7, 11) is -1.18. The number of aryl methyl sites for hydroxylation is 1. The second-order valence-electron chi connectivity index (χ2n) is 12.2. The molecule has 38 heavy (non-hydrogen) atoms. The van der Waals surface area contributed by atoms with E-state index in [1.807, 2.05) is 9.20 Å². The van der Waals surface area contributed by atoms with Crippen LogP contribution in [0.4, 0.5) is 0 Å². The largest absolute Gasteiger partial charge is 0.360 e. The summed E-state index contributed by atoms with van der Waals surface area (Å²) in [5, 5.41) is 13.2. The van der Waals surface area contributed by atoms with Crippen LogP contribution in [0.25, 0.3) is 28.2 Å². The third-order valence-corrected chi connectivity index (χ3v) is 8.58. The van der Waals surface area contributed by atoms with Gasteiger partial charge in [-0.25, -0.2) is 14.2 Å². The molecule has 8 heteroatoms. The zero-order chi connectivity index (χ0) is 27.6. The maximum Gasteiger partial charge on any atom is 0.158 e. The van der Waals surface area contributed by atoms with Crippen LogP contribution in [0.2, 0.25) is 25.7 Å². The molecule has 0 aliphatic rings. The number of fused-ring (bicyclic) bond motifs is 1. The summed E-state index contributed by atoms with van der Waals surface area (Å²) in [6.45, 7) is 21.4. The van der Waals surface area contributed by atoms with Gasteiger partial charge in [0.2, 0.25) is 0 Å². The Hall–Kier alpha value is -2.81. The number of aromatic nitrogens is 5. The molecular weight excluding hydrogens is 488 g/mol. The van der Waals surface area contributed by atoms with Crippen molar-refractivity contribution >= 4 is 13.7 Å². The molecule has 4 rings (SSSR count). The van der Waals surface area contributed by atoms with E-state index < -0.39 is 8.07 Å². The maximum absolute atomic E-state index is 6.22. The average molecular weight is 533 g/mol. The standard InChI is InChI=1S/C30H44N6OSi/c1-20(2)27-28(25-12-10-24(11-13-25)23(6)33-21(3)4)34-36(19-37-14-15-38(7,8)9)29(27)26-16-22(5)30-31-18-32-35(30)17-26/h10-13,16-18,20-21,23,33H,14-15,19H2,1-9H3. The summed E-state index contributed by atoms with van der Waals surface area (Å²) in [5.74, 6) is 0.267. The van der Waals surface area contributed by atoms with E-state index >= 15 is 0 Å². The number of pyridine rings is 1. The Morgan fingerprint density at radius 2 is 1.71 bits per heavy atom. The lowest BCUT2D eigenvalue weighted by atomic mass is 9.93. The second-order valence-corrected chi connectivity index (χ2v) is 17.8. The van der Waals surface area contributed by atoms with Crippen LogP contribution < -0.4 is 5.32 Å². The van der Waals surface area contributed by atoms with Crippen molar-refractivity contribution < 1.29 is 4.74 Å². The normalized spacial score (nSPS) is 13.2. The highest BCUT2D eigenvalue weighted by atomic mass is 28.3. The van der Waals surface area contributed by atoms with Gasteiger partial charge in [0.15, 0.2) is 5.65 Å². The molecule has 1 N–H and O–H groups in total. The average Bonchev–Trinajstić information content (AvgIpc) is 3.46. The van der Waals surface area contributed by atoms with Crippen LogP contribution in [0.15, 0.2) is 42.9 Å². The van der Waals surface area contributed by atoms with E-state index in [4.69, 9.17) is 9.84 Å². The number of rotatable bonds is 11. The van der Waals surface area contributed by atoms with Crippen molar-refractivity contribution in [1.82, 2.24) is 29.7 Å². The minimum absolute atomic E-state index is 0.267. The van der Waals surface area contributed by atoms with E-state index in [9.17, 15) is 0 Å². The zero-order valence-corrected chi connectivity index (χ0v) is 25.5. The molecule has 3 aromatic heterocycles. The number of benzene rings is 1. The van der Waals surface area contributed by atoms with Crippen molar-refractivity contribution in [2.24, 2.45) is 0 Å². The van der Waals surface area contributed by atoms with E-state index in [0.29, 0.717) is 18.8 Å². The van der Waals surface area contributed by atoms with Gasteiger partial charge >= 0.3 is 0 Å². The molecule has 4 aromatic rings. The Kier molecular flexibility index (Phi) is 8.54. The van der Waals surface area contributed by atoms with Crippen molar-refractivity contribution in [2.75, 3.05) is 6.61 Å². The Bertz CT molecular complexity index is 1360. The fourth-order valence-corrected chi connectivity index (χ4v) is 5.67. The Labute approximate surface area is 228 Å². The van der Waals surface area contributed by atoms with E-state index in [0.717, 1.165) is 46.4 Å². The number of hydrogen-bond donors (Lipinski definition) is 1. The Morgan fingerprint density at radius 3 is 2.34 bits per heavy atom. The van der Waals surface area contributed by atoms with Gasteiger partial charge < -0.3 is 10.1 Å². The van der Waals surface area contributed by atoms with Crippen molar-refractivity contribution in [3.63, 3.8) is 0 Å². The van der Waals surface area contributed by atoms with Gasteiger partial charge in [-0.1, -0.05) is 71.6 Å². The van der Waals surface area contributed by atoms with Gasteiger partial charge in [0.1, 0.15) is 13.1 Å². The maximum atomic E-state index is 6.22. The summed E-state index contributed by atoms with van der Waals surface area (Å²) < 4.78 is 10.1. The highest BCUT2D eigenvalue weighted by Gasteiger charge is 2.24. The van der Waals surface area contributed by atoms with E-state index in [2.05, 4.69) is 113 Å². The molecule has 1 unspecified atom stereocenters. The molecule has 1 aromatic carbocycles. The molecular formula is C30H44N6OSi. The summed E-state index contributed by atoms with van der Waals surface area (Å²) in [4.78, 5) is 4.41. The smallest absolute Gasteiger partial charge is 0.158 e. The van der Waals surface area contributed by atoms with Gasteiger partial charge in [-0.2, -0.15) is 10.2 Å². The summed E-state index contributed by atoms with van der Waals surface area (Å²) in [5.41, 5.74) is 8.74. The highest BCUT2D eigenvalue weighted by Crippen LogP contribution is 2.38. The second kappa shape index (κ2) is 11.5. The van der Waals surface area contributed by atoms with Gasteiger partial charge in [0, 0.05) is 49.7 Å². The Morgan fingerprint density at radius 1 is 1.00 bits per heavy atom. The van der Waals surface area contributed by atoms with Gasteiger partial charge in [-0.3, -0.25) is 0 Å². The van der Waals surface area contributed by atoms with Crippen LogP contribution in [0, 0.1) is 6.92 Å². The third kappa shape index (κ3) is 6.42. The lowest BCUT2D eigenvalue weighted by Gasteiger charge is -2.17. The van der Waals surface area contributed by atoms with Crippen LogP contribution in [-0.4, -0.2) is 45.1 Å². The van der Waals surface area contributed by atoms with Gasteiger partial charge in [0.25, 0.3) is 0 Å². The topological polar surface area (TPSA) is 69.3 Å². The predicted octanol–water partition coefficient (Wildman–Crippen LogP) is 7.06. The zero-order valence-electron chi connectivity index (χ0n) is 24.5.